The lowest BCUT2D eigenvalue weighted by molar-refractivity contribution is 0.0680. The molecule has 0 unspecified atom stereocenters. The number of methoxy groups -OCH3 is 1. The third-order valence-corrected chi connectivity index (χ3v) is 3.66. The predicted octanol–water partition coefficient (Wildman–Crippen LogP) is 3.21. The molecule has 0 saturated carbocycles. The molecule has 108 valence electrons. The maximum absolute atomic E-state index is 5.47. The van der Waals surface area contributed by atoms with E-state index in [4.69, 9.17) is 9.47 Å². The van der Waals surface area contributed by atoms with E-state index in [9.17, 15) is 0 Å². The largest absolute Gasteiger partial charge is 0.382 e. The van der Waals surface area contributed by atoms with E-state index in [1.807, 2.05) is 12.4 Å². The molecule has 0 radical (unpaired) electrons. The highest BCUT2D eigenvalue weighted by Crippen LogP contribution is 2.19. The van der Waals surface area contributed by atoms with Crippen LogP contribution in [0.25, 0.3) is 11.4 Å². The lowest BCUT2D eigenvalue weighted by Gasteiger charge is -2.08. The van der Waals surface area contributed by atoms with Crippen LogP contribution in [0.3, 0.4) is 0 Å². The van der Waals surface area contributed by atoms with E-state index in [1.165, 1.54) is 3.57 Å². The maximum Gasteiger partial charge on any atom is 0.139 e. The molecule has 0 aliphatic rings. The van der Waals surface area contributed by atoms with E-state index in [0.29, 0.717) is 13.2 Å². The molecule has 2 rings (SSSR count). The van der Waals surface area contributed by atoms with Crippen LogP contribution in [0.4, 0.5) is 0 Å². The Morgan fingerprint density at radius 3 is 2.70 bits per heavy atom. The fraction of sp³-hybridized carbons (Fsp3) is 0.400. The lowest BCUT2D eigenvalue weighted by atomic mass is 10.2. The molecular formula is C15H19IN2O2. The van der Waals surface area contributed by atoms with Gasteiger partial charge >= 0.3 is 0 Å². The minimum Gasteiger partial charge on any atom is -0.382 e. The first-order chi connectivity index (χ1) is 9.81. The molecule has 0 fully saturated rings. The van der Waals surface area contributed by atoms with Crippen LogP contribution in [0.1, 0.15) is 6.42 Å². The Balaban J connectivity index is 1.87. The molecule has 0 atom stereocenters. The van der Waals surface area contributed by atoms with Gasteiger partial charge in [-0.25, -0.2) is 4.98 Å². The van der Waals surface area contributed by atoms with E-state index < -0.39 is 0 Å². The Morgan fingerprint density at radius 1 is 1.15 bits per heavy atom. The quantitative estimate of drug-likeness (QED) is 0.517. The number of hydrogen-bond acceptors (Lipinski definition) is 3. The zero-order valence-electron chi connectivity index (χ0n) is 11.6. The Morgan fingerprint density at radius 2 is 1.95 bits per heavy atom. The van der Waals surface area contributed by atoms with Gasteiger partial charge in [0.25, 0.3) is 0 Å². The molecule has 2 aromatic rings. The summed E-state index contributed by atoms with van der Waals surface area (Å²) >= 11 is 2.31. The number of benzene rings is 1. The summed E-state index contributed by atoms with van der Waals surface area (Å²) in [7, 11) is 1.68. The summed E-state index contributed by atoms with van der Waals surface area (Å²) in [6, 6.07) is 8.41. The van der Waals surface area contributed by atoms with Gasteiger partial charge in [0.2, 0.25) is 0 Å². The van der Waals surface area contributed by atoms with Gasteiger partial charge in [0.1, 0.15) is 5.82 Å². The minimum atomic E-state index is 0.652. The van der Waals surface area contributed by atoms with Crippen LogP contribution in [0.5, 0.6) is 0 Å². The number of imidazole rings is 1. The summed E-state index contributed by atoms with van der Waals surface area (Å²) in [5, 5.41) is 0. The fourth-order valence-electron chi connectivity index (χ4n) is 1.93. The number of aryl methyl sites for hydroxylation is 1. The second-order valence-corrected chi connectivity index (χ2v) is 5.66. The first-order valence-electron chi connectivity index (χ1n) is 6.65. The van der Waals surface area contributed by atoms with Crippen molar-refractivity contribution in [3.63, 3.8) is 0 Å². The van der Waals surface area contributed by atoms with Crippen LogP contribution in [-0.2, 0) is 16.0 Å². The van der Waals surface area contributed by atoms with E-state index >= 15 is 0 Å². The smallest absolute Gasteiger partial charge is 0.139 e. The zero-order valence-corrected chi connectivity index (χ0v) is 13.7. The molecule has 0 bridgehead atoms. The molecule has 1 heterocycles. The Bertz CT molecular complexity index is 511. The first-order valence-corrected chi connectivity index (χ1v) is 7.73. The summed E-state index contributed by atoms with van der Waals surface area (Å²) in [4.78, 5) is 4.44. The fourth-order valence-corrected chi connectivity index (χ4v) is 2.29. The van der Waals surface area contributed by atoms with Crippen molar-refractivity contribution in [2.24, 2.45) is 0 Å². The average Bonchev–Trinajstić information content (AvgIpc) is 2.92. The van der Waals surface area contributed by atoms with Gasteiger partial charge in [-0.3, -0.25) is 0 Å². The number of ether oxygens (including phenoxy) is 2. The molecule has 1 aromatic heterocycles. The van der Waals surface area contributed by atoms with Crippen LogP contribution in [0, 0.1) is 3.57 Å². The molecule has 0 N–H and O–H groups in total. The SMILES string of the molecule is COCCOCCCn1ccnc1-c1ccc(I)cc1. The van der Waals surface area contributed by atoms with Gasteiger partial charge in [0.05, 0.1) is 13.2 Å². The van der Waals surface area contributed by atoms with Crippen molar-refractivity contribution >= 4 is 22.6 Å². The van der Waals surface area contributed by atoms with Gasteiger partial charge in [-0.05, 0) is 41.1 Å². The Hall–Kier alpha value is -0.920. The third-order valence-electron chi connectivity index (χ3n) is 2.94. The molecule has 0 amide bonds. The summed E-state index contributed by atoms with van der Waals surface area (Å²) in [5.74, 6) is 1.01. The highest BCUT2D eigenvalue weighted by atomic mass is 127. The van der Waals surface area contributed by atoms with Gasteiger partial charge in [0.15, 0.2) is 0 Å². The molecule has 0 saturated heterocycles. The number of hydrogen-bond donors (Lipinski definition) is 0. The lowest BCUT2D eigenvalue weighted by Crippen LogP contribution is -2.06. The van der Waals surface area contributed by atoms with Crippen molar-refractivity contribution in [1.29, 1.82) is 0 Å². The zero-order chi connectivity index (χ0) is 14.2. The second-order valence-electron chi connectivity index (χ2n) is 4.41. The highest BCUT2D eigenvalue weighted by Gasteiger charge is 2.05. The van der Waals surface area contributed by atoms with E-state index in [2.05, 4.69) is 56.4 Å². The van der Waals surface area contributed by atoms with Crippen molar-refractivity contribution < 1.29 is 9.47 Å². The summed E-state index contributed by atoms with van der Waals surface area (Å²) in [5.41, 5.74) is 1.15. The van der Waals surface area contributed by atoms with Crippen molar-refractivity contribution in [1.82, 2.24) is 9.55 Å². The Labute approximate surface area is 133 Å². The summed E-state index contributed by atoms with van der Waals surface area (Å²) < 4.78 is 13.8. The van der Waals surface area contributed by atoms with Gasteiger partial charge in [-0.15, -0.1) is 0 Å². The van der Waals surface area contributed by atoms with Crippen LogP contribution in [0.2, 0.25) is 0 Å². The molecule has 0 aliphatic carbocycles. The molecule has 0 aliphatic heterocycles. The van der Waals surface area contributed by atoms with E-state index in [1.54, 1.807) is 7.11 Å². The van der Waals surface area contributed by atoms with Crippen molar-refractivity contribution in [2.75, 3.05) is 26.9 Å². The number of halogens is 1. The van der Waals surface area contributed by atoms with Crippen LogP contribution < -0.4 is 0 Å². The normalized spacial score (nSPS) is 10.9. The molecule has 5 heteroatoms. The van der Waals surface area contributed by atoms with Gasteiger partial charge in [0, 0.05) is 41.8 Å². The third kappa shape index (κ3) is 4.57. The summed E-state index contributed by atoms with van der Waals surface area (Å²) in [6.07, 6.45) is 4.83. The van der Waals surface area contributed by atoms with Crippen LogP contribution in [0.15, 0.2) is 36.7 Å². The Kier molecular flexibility index (Phi) is 6.49. The van der Waals surface area contributed by atoms with E-state index in [-0.39, 0.29) is 0 Å². The number of aromatic nitrogens is 2. The van der Waals surface area contributed by atoms with Gasteiger partial charge in [-0.2, -0.15) is 0 Å². The standard InChI is InChI=1S/C15H19IN2O2/c1-19-11-12-20-10-2-8-18-9-7-17-15(18)13-3-5-14(16)6-4-13/h3-7,9H,2,8,10-12H2,1H3. The highest BCUT2D eigenvalue weighted by molar-refractivity contribution is 14.1. The molecule has 0 spiro atoms. The van der Waals surface area contributed by atoms with E-state index in [0.717, 1.165) is 31.0 Å². The van der Waals surface area contributed by atoms with Crippen molar-refractivity contribution in [3.8, 4) is 11.4 Å². The maximum atomic E-state index is 5.47. The number of nitrogens with zero attached hydrogens (tertiary/aromatic N) is 2. The monoisotopic (exact) mass is 386 g/mol. The molecule has 1 aromatic carbocycles. The topological polar surface area (TPSA) is 36.3 Å². The minimum absolute atomic E-state index is 0.652. The van der Waals surface area contributed by atoms with Crippen LogP contribution >= 0.6 is 22.6 Å². The molecule has 20 heavy (non-hydrogen) atoms. The number of rotatable bonds is 8. The predicted molar refractivity (Wildman–Crippen MR) is 87.7 cm³/mol. The molecule has 4 nitrogen and oxygen atoms in total. The van der Waals surface area contributed by atoms with Gasteiger partial charge < -0.3 is 14.0 Å². The summed E-state index contributed by atoms with van der Waals surface area (Å²) in [6.45, 7) is 2.96. The molecular weight excluding hydrogens is 367 g/mol. The van der Waals surface area contributed by atoms with Crippen molar-refractivity contribution in [2.45, 2.75) is 13.0 Å². The van der Waals surface area contributed by atoms with Gasteiger partial charge in [-0.1, -0.05) is 12.1 Å². The van der Waals surface area contributed by atoms with Crippen molar-refractivity contribution in [3.05, 3.63) is 40.2 Å². The average molecular weight is 386 g/mol. The first kappa shape index (κ1) is 15.5. The second kappa shape index (κ2) is 8.39. The van der Waals surface area contributed by atoms with Crippen LogP contribution in [-0.4, -0.2) is 36.5 Å².